The van der Waals surface area contributed by atoms with E-state index in [9.17, 15) is 14.4 Å². The standard InChI is InChI=1S/C17H34N4O3/c1-10(2)14(20-12(5)6)16(23)21-13(15(22)11(3)4)8-7-9-19-17(18)24/h10-14,20H,7-9H2,1-6H3,(H,21,23)(H3,18,19,24)/t13?,14-/m0/s1. The highest BCUT2D eigenvalue weighted by Crippen LogP contribution is 2.09. The first-order valence-corrected chi connectivity index (χ1v) is 8.69. The maximum atomic E-state index is 12.6. The van der Waals surface area contributed by atoms with Gasteiger partial charge in [0.25, 0.3) is 0 Å². The summed E-state index contributed by atoms with van der Waals surface area (Å²) >= 11 is 0. The first-order chi connectivity index (χ1) is 11.1. The number of carbonyl (C=O) groups is 3. The van der Waals surface area contributed by atoms with E-state index in [2.05, 4.69) is 16.0 Å². The van der Waals surface area contributed by atoms with Crippen molar-refractivity contribution in [2.24, 2.45) is 17.6 Å². The van der Waals surface area contributed by atoms with Crippen LogP contribution in [0.4, 0.5) is 4.79 Å². The van der Waals surface area contributed by atoms with Crippen molar-refractivity contribution in [1.29, 1.82) is 0 Å². The van der Waals surface area contributed by atoms with Gasteiger partial charge < -0.3 is 21.7 Å². The zero-order chi connectivity index (χ0) is 18.9. The molecule has 0 aromatic heterocycles. The van der Waals surface area contributed by atoms with Gasteiger partial charge in [-0.15, -0.1) is 0 Å². The van der Waals surface area contributed by atoms with Gasteiger partial charge in [-0.1, -0.05) is 41.5 Å². The summed E-state index contributed by atoms with van der Waals surface area (Å²) in [6, 6.07) is -1.33. The van der Waals surface area contributed by atoms with E-state index in [1.165, 1.54) is 0 Å². The zero-order valence-corrected chi connectivity index (χ0v) is 15.8. The number of nitrogens with one attached hydrogen (secondary N) is 3. The Hall–Kier alpha value is -1.63. The van der Waals surface area contributed by atoms with Gasteiger partial charge in [-0.3, -0.25) is 9.59 Å². The van der Waals surface area contributed by atoms with Crippen molar-refractivity contribution in [1.82, 2.24) is 16.0 Å². The van der Waals surface area contributed by atoms with Crippen LogP contribution in [0.1, 0.15) is 54.4 Å². The van der Waals surface area contributed by atoms with Gasteiger partial charge in [-0.2, -0.15) is 0 Å². The van der Waals surface area contributed by atoms with Crippen LogP contribution in [0.15, 0.2) is 0 Å². The van der Waals surface area contributed by atoms with Crippen LogP contribution in [0.2, 0.25) is 0 Å². The van der Waals surface area contributed by atoms with Gasteiger partial charge in [0.05, 0.1) is 12.1 Å². The second-order valence-corrected chi connectivity index (χ2v) is 7.09. The molecule has 0 aliphatic carbocycles. The number of primary amides is 1. The van der Waals surface area contributed by atoms with Crippen molar-refractivity contribution >= 4 is 17.7 Å². The van der Waals surface area contributed by atoms with E-state index in [0.717, 1.165) is 0 Å². The summed E-state index contributed by atoms with van der Waals surface area (Å²) in [7, 11) is 0. The summed E-state index contributed by atoms with van der Waals surface area (Å²) in [5, 5.41) is 8.61. The molecule has 0 saturated heterocycles. The van der Waals surface area contributed by atoms with Gasteiger partial charge in [0.1, 0.15) is 0 Å². The van der Waals surface area contributed by atoms with E-state index < -0.39 is 12.1 Å². The molecule has 0 aromatic rings. The fourth-order valence-corrected chi connectivity index (χ4v) is 2.40. The molecular weight excluding hydrogens is 308 g/mol. The number of ketones is 1. The SMILES string of the molecule is CC(C)N[C@H](C(=O)NC(CCCNC(N)=O)C(=O)C(C)C)C(C)C. The minimum absolute atomic E-state index is 0.00511. The Morgan fingerprint density at radius 3 is 2.00 bits per heavy atom. The van der Waals surface area contributed by atoms with E-state index in [4.69, 9.17) is 5.73 Å². The molecule has 3 amide bonds. The average molecular weight is 342 g/mol. The third kappa shape index (κ3) is 8.86. The topological polar surface area (TPSA) is 113 Å². The molecule has 5 N–H and O–H groups in total. The van der Waals surface area contributed by atoms with E-state index >= 15 is 0 Å². The monoisotopic (exact) mass is 342 g/mol. The quantitative estimate of drug-likeness (QED) is 0.422. The number of Topliss-reactive ketones (excluding diaryl/α,β-unsaturated/α-hetero) is 1. The van der Waals surface area contributed by atoms with Crippen LogP contribution in [0.5, 0.6) is 0 Å². The van der Waals surface area contributed by atoms with Crippen molar-refractivity contribution in [2.75, 3.05) is 6.54 Å². The molecule has 0 aliphatic rings. The highest BCUT2D eigenvalue weighted by molar-refractivity contribution is 5.91. The number of nitrogens with two attached hydrogens (primary N) is 1. The fourth-order valence-electron chi connectivity index (χ4n) is 2.40. The first kappa shape index (κ1) is 22.4. The van der Waals surface area contributed by atoms with E-state index in [0.29, 0.717) is 19.4 Å². The molecule has 0 spiro atoms. The predicted molar refractivity (Wildman–Crippen MR) is 95.5 cm³/mol. The normalized spacial score (nSPS) is 13.9. The number of hydrogen-bond acceptors (Lipinski definition) is 4. The van der Waals surface area contributed by atoms with Crippen LogP contribution in [0.3, 0.4) is 0 Å². The first-order valence-electron chi connectivity index (χ1n) is 8.69. The summed E-state index contributed by atoms with van der Waals surface area (Å²) in [4.78, 5) is 35.7. The van der Waals surface area contributed by atoms with Crippen LogP contribution in [-0.2, 0) is 9.59 Å². The lowest BCUT2D eigenvalue weighted by Gasteiger charge is -2.27. The van der Waals surface area contributed by atoms with Crippen LogP contribution in [0, 0.1) is 11.8 Å². The molecule has 7 heteroatoms. The third-order valence-corrected chi connectivity index (χ3v) is 3.66. The Morgan fingerprint density at radius 1 is 1.00 bits per heavy atom. The molecular formula is C17H34N4O3. The van der Waals surface area contributed by atoms with Gasteiger partial charge in [0.2, 0.25) is 5.91 Å². The molecule has 0 saturated carbocycles. The molecule has 0 radical (unpaired) electrons. The minimum atomic E-state index is -0.591. The van der Waals surface area contributed by atoms with Crippen LogP contribution in [-0.4, -0.2) is 42.4 Å². The average Bonchev–Trinajstić information content (AvgIpc) is 2.45. The van der Waals surface area contributed by atoms with Crippen molar-refractivity contribution in [2.45, 2.75) is 72.5 Å². The van der Waals surface area contributed by atoms with Gasteiger partial charge in [-0.25, -0.2) is 4.79 Å². The second kappa shape index (κ2) is 11.0. The van der Waals surface area contributed by atoms with Crippen LogP contribution >= 0.6 is 0 Å². The predicted octanol–water partition coefficient (Wildman–Crippen LogP) is 1.17. The summed E-state index contributed by atoms with van der Waals surface area (Å²) in [5.74, 6) is -0.233. The highest BCUT2D eigenvalue weighted by atomic mass is 16.2. The van der Waals surface area contributed by atoms with Gasteiger partial charge in [-0.05, 0) is 18.8 Å². The Kier molecular flexibility index (Phi) is 10.3. The second-order valence-electron chi connectivity index (χ2n) is 7.09. The maximum absolute atomic E-state index is 12.6. The largest absolute Gasteiger partial charge is 0.352 e. The number of carbonyl (C=O) groups excluding carboxylic acids is 3. The highest BCUT2D eigenvalue weighted by Gasteiger charge is 2.28. The molecule has 7 nitrogen and oxygen atoms in total. The summed E-state index contributed by atoms with van der Waals surface area (Å²) < 4.78 is 0. The maximum Gasteiger partial charge on any atom is 0.312 e. The van der Waals surface area contributed by atoms with Crippen LogP contribution in [0.25, 0.3) is 0 Å². The zero-order valence-electron chi connectivity index (χ0n) is 15.8. The van der Waals surface area contributed by atoms with E-state index in [1.807, 2.05) is 41.5 Å². The molecule has 0 aromatic carbocycles. The van der Waals surface area contributed by atoms with Crippen molar-refractivity contribution in [3.63, 3.8) is 0 Å². The molecule has 0 aliphatic heterocycles. The van der Waals surface area contributed by atoms with Gasteiger partial charge >= 0.3 is 6.03 Å². The number of amides is 3. The third-order valence-electron chi connectivity index (χ3n) is 3.66. The molecule has 0 heterocycles. The summed E-state index contributed by atoms with van der Waals surface area (Å²) in [6.07, 6.45) is 1.03. The summed E-state index contributed by atoms with van der Waals surface area (Å²) in [5.41, 5.74) is 5.02. The molecule has 2 atom stereocenters. The number of urea groups is 1. The molecule has 0 rings (SSSR count). The van der Waals surface area contributed by atoms with E-state index in [1.54, 1.807) is 0 Å². The van der Waals surface area contributed by atoms with Gasteiger partial charge in [0, 0.05) is 18.5 Å². The van der Waals surface area contributed by atoms with Gasteiger partial charge in [0.15, 0.2) is 5.78 Å². The molecule has 140 valence electrons. The number of rotatable bonds is 11. The Balaban J connectivity index is 4.85. The van der Waals surface area contributed by atoms with Crippen molar-refractivity contribution in [3.8, 4) is 0 Å². The van der Waals surface area contributed by atoms with Crippen molar-refractivity contribution in [3.05, 3.63) is 0 Å². The number of hydrogen-bond donors (Lipinski definition) is 4. The lowest BCUT2D eigenvalue weighted by atomic mass is 9.96. The van der Waals surface area contributed by atoms with Crippen molar-refractivity contribution < 1.29 is 14.4 Å². The Labute approximate surface area is 145 Å². The Morgan fingerprint density at radius 2 is 1.58 bits per heavy atom. The fraction of sp³-hybridized carbons (Fsp3) is 0.824. The minimum Gasteiger partial charge on any atom is -0.352 e. The summed E-state index contributed by atoms with van der Waals surface area (Å²) in [6.45, 7) is 11.9. The van der Waals surface area contributed by atoms with E-state index in [-0.39, 0.29) is 35.6 Å². The molecule has 1 unspecified atom stereocenters. The molecule has 0 fully saturated rings. The lowest BCUT2D eigenvalue weighted by Crippen LogP contribution is -2.54. The lowest BCUT2D eigenvalue weighted by molar-refractivity contribution is -0.131. The smallest absolute Gasteiger partial charge is 0.312 e. The molecule has 24 heavy (non-hydrogen) atoms. The Bertz CT molecular complexity index is 422. The van der Waals surface area contributed by atoms with Crippen LogP contribution < -0.4 is 21.7 Å². The molecule has 0 bridgehead atoms.